The molecule has 2 nitrogen and oxygen atoms in total. The molecule has 4 heteroatoms. The van der Waals surface area contributed by atoms with Crippen molar-refractivity contribution in [1.82, 2.24) is 5.32 Å². The van der Waals surface area contributed by atoms with Crippen LogP contribution in [-0.2, 0) is 0 Å². The van der Waals surface area contributed by atoms with Crippen molar-refractivity contribution >= 4 is 15.9 Å². The number of aryl methyl sites for hydroxylation is 1. The Kier molecular flexibility index (Phi) is 5.37. The highest BCUT2D eigenvalue weighted by Gasteiger charge is 2.18. The summed E-state index contributed by atoms with van der Waals surface area (Å²) in [6.45, 7) is 4.81. The minimum atomic E-state index is -0.208. The number of ether oxygens (including phenoxy) is 1. The van der Waals surface area contributed by atoms with Gasteiger partial charge in [-0.05, 0) is 54.4 Å². The van der Waals surface area contributed by atoms with E-state index in [1.807, 2.05) is 31.2 Å². The van der Waals surface area contributed by atoms with Crippen LogP contribution in [0.5, 0.6) is 5.75 Å². The molecule has 21 heavy (non-hydrogen) atoms. The fourth-order valence-corrected chi connectivity index (χ4v) is 3.01. The van der Waals surface area contributed by atoms with E-state index in [0.29, 0.717) is 0 Å². The van der Waals surface area contributed by atoms with Crippen LogP contribution in [0.15, 0.2) is 40.9 Å². The van der Waals surface area contributed by atoms with Gasteiger partial charge in [-0.25, -0.2) is 4.39 Å². The summed E-state index contributed by atoms with van der Waals surface area (Å²) >= 11 is 3.60. The Morgan fingerprint density at radius 1 is 1.19 bits per heavy atom. The maximum atomic E-state index is 13.3. The van der Waals surface area contributed by atoms with Crippen LogP contribution in [0.3, 0.4) is 0 Å². The lowest BCUT2D eigenvalue weighted by atomic mass is 9.94. The Morgan fingerprint density at radius 3 is 2.48 bits per heavy atom. The van der Waals surface area contributed by atoms with E-state index in [1.165, 1.54) is 6.07 Å². The zero-order valence-electron chi connectivity index (χ0n) is 12.4. The molecule has 1 unspecified atom stereocenters. The third-order valence-corrected chi connectivity index (χ3v) is 4.16. The lowest BCUT2D eigenvalue weighted by Crippen LogP contribution is -2.23. The Morgan fingerprint density at radius 2 is 1.90 bits per heavy atom. The third kappa shape index (κ3) is 3.63. The Hall–Kier alpha value is -1.39. The number of benzene rings is 2. The van der Waals surface area contributed by atoms with Gasteiger partial charge in [0.15, 0.2) is 0 Å². The van der Waals surface area contributed by atoms with Gasteiger partial charge in [0.05, 0.1) is 13.2 Å². The van der Waals surface area contributed by atoms with Gasteiger partial charge in [-0.2, -0.15) is 0 Å². The molecular formula is C17H19BrFNO. The Labute approximate surface area is 133 Å². The first-order valence-corrected chi connectivity index (χ1v) is 7.69. The molecule has 0 aliphatic carbocycles. The van der Waals surface area contributed by atoms with Gasteiger partial charge in [-0.3, -0.25) is 0 Å². The fraction of sp³-hybridized carbons (Fsp3) is 0.294. The van der Waals surface area contributed by atoms with E-state index in [0.717, 1.165) is 33.5 Å². The predicted molar refractivity (Wildman–Crippen MR) is 87.4 cm³/mol. The summed E-state index contributed by atoms with van der Waals surface area (Å²) in [4.78, 5) is 0. The van der Waals surface area contributed by atoms with Crippen molar-refractivity contribution in [2.75, 3.05) is 13.7 Å². The van der Waals surface area contributed by atoms with Crippen molar-refractivity contribution in [3.63, 3.8) is 0 Å². The van der Waals surface area contributed by atoms with Gasteiger partial charge in [0.2, 0.25) is 0 Å². The molecule has 0 spiro atoms. The number of methoxy groups -OCH3 is 1. The van der Waals surface area contributed by atoms with Gasteiger partial charge in [0.1, 0.15) is 11.6 Å². The van der Waals surface area contributed by atoms with Crippen LogP contribution < -0.4 is 10.1 Å². The van der Waals surface area contributed by atoms with E-state index in [2.05, 4.69) is 28.2 Å². The summed E-state index contributed by atoms with van der Waals surface area (Å²) in [5, 5.41) is 3.46. The molecule has 0 aliphatic heterocycles. The average molecular weight is 352 g/mol. The molecule has 1 atom stereocenters. The standard InChI is InChI=1S/C17H19BrFNO/c1-4-20-17(14-7-5-12(19)9-11(14)2)15-8-6-13(21-3)10-16(15)18/h5-10,17,20H,4H2,1-3H3. The molecular weight excluding hydrogens is 333 g/mol. The smallest absolute Gasteiger partial charge is 0.123 e. The molecule has 0 aromatic heterocycles. The van der Waals surface area contributed by atoms with E-state index >= 15 is 0 Å². The minimum absolute atomic E-state index is 0.0101. The van der Waals surface area contributed by atoms with Crippen LogP contribution in [0.1, 0.15) is 29.7 Å². The second kappa shape index (κ2) is 7.05. The van der Waals surface area contributed by atoms with Crippen molar-refractivity contribution in [2.45, 2.75) is 19.9 Å². The minimum Gasteiger partial charge on any atom is -0.497 e. The van der Waals surface area contributed by atoms with Gasteiger partial charge < -0.3 is 10.1 Å². The van der Waals surface area contributed by atoms with Gasteiger partial charge in [0, 0.05) is 4.47 Å². The van der Waals surface area contributed by atoms with Crippen molar-refractivity contribution in [2.24, 2.45) is 0 Å². The maximum Gasteiger partial charge on any atom is 0.123 e. The molecule has 2 aromatic carbocycles. The molecule has 0 amide bonds. The van der Waals surface area contributed by atoms with Crippen molar-refractivity contribution in [1.29, 1.82) is 0 Å². The largest absolute Gasteiger partial charge is 0.497 e. The van der Waals surface area contributed by atoms with Crippen LogP contribution in [-0.4, -0.2) is 13.7 Å². The lowest BCUT2D eigenvalue weighted by Gasteiger charge is -2.22. The maximum absolute atomic E-state index is 13.3. The van der Waals surface area contributed by atoms with Gasteiger partial charge in [-0.1, -0.05) is 35.0 Å². The van der Waals surface area contributed by atoms with Crippen LogP contribution in [0.2, 0.25) is 0 Å². The average Bonchev–Trinajstić information content (AvgIpc) is 2.46. The topological polar surface area (TPSA) is 21.3 Å². The molecule has 1 N–H and O–H groups in total. The molecule has 2 rings (SSSR count). The summed E-state index contributed by atoms with van der Waals surface area (Å²) in [5.41, 5.74) is 3.11. The Bertz CT molecular complexity index is 630. The molecule has 112 valence electrons. The molecule has 0 radical (unpaired) electrons. The van der Waals surface area contributed by atoms with Gasteiger partial charge in [-0.15, -0.1) is 0 Å². The second-order valence-electron chi connectivity index (χ2n) is 4.88. The number of hydrogen-bond acceptors (Lipinski definition) is 2. The van der Waals surface area contributed by atoms with Crippen LogP contribution in [0.25, 0.3) is 0 Å². The van der Waals surface area contributed by atoms with E-state index < -0.39 is 0 Å². The van der Waals surface area contributed by atoms with E-state index in [9.17, 15) is 4.39 Å². The predicted octanol–water partition coefficient (Wildman–Crippen LogP) is 4.60. The molecule has 2 aromatic rings. The SMILES string of the molecule is CCNC(c1ccc(F)cc1C)c1ccc(OC)cc1Br. The highest BCUT2D eigenvalue weighted by Crippen LogP contribution is 2.33. The van der Waals surface area contributed by atoms with Crippen molar-refractivity contribution in [3.8, 4) is 5.75 Å². The van der Waals surface area contributed by atoms with E-state index in [4.69, 9.17) is 4.74 Å². The first-order chi connectivity index (χ1) is 10.1. The van der Waals surface area contributed by atoms with Crippen LogP contribution in [0.4, 0.5) is 4.39 Å². The molecule has 0 aliphatic rings. The molecule has 0 saturated heterocycles. The molecule has 0 saturated carbocycles. The highest BCUT2D eigenvalue weighted by molar-refractivity contribution is 9.10. The lowest BCUT2D eigenvalue weighted by molar-refractivity contribution is 0.414. The van der Waals surface area contributed by atoms with Crippen LogP contribution in [0, 0.1) is 12.7 Å². The van der Waals surface area contributed by atoms with Crippen LogP contribution >= 0.6 is 15.9 Å². The third-order valence-electron chi connectivity index (χ3n) is 3.47. The number of hydrogen-bond donors (Lipinski definition) is 1. The molecule has 0 fully saturated rings. The quantitative estimate of drug-likeness (QED) is 0.849. The first kappa shape index (κ1) is 16.0. The zero-order valence-corrected chi connectivity index (χ0v) is 14.0. The van der Waals surface area contributed by atoms with Gasteiger partial charge >= 0.3 is 0 Å². The zero-order chi connectivity index (χ0) is 15.4. The van der Waals surface area contributed by atoms with E-state index in [1.54, 1.807) is 13.2 Å². The normalized spacial score (nSPS) is 12.2. The van der Waals surface area contributed by atoms with Crippen molar-refractivity contribution in [3.05, 3.63) is 63.4 Å². The molecule has 0 heterocycles. The number of nitrogens with one attached hydrogen (secondary N) is 1. The van der Waals surface area contributed by atoms with Crippen molar-refractivity contribution < 1.29 is 9.13 Å². The van der Waals surface area contributed by atoms with Gasteiger partial charge in [0.25, 0.3) is 0 Å². The monoisotopic (exact) mass is 351 g/mol. The summed E-state index contributed by atoms with van der Waals surface area (Å²) in [6, 6.07) is 10.8. The Balaban J connectivity index is 2.48. The second-order valence-corrected chi connectivity index (χ2v) is 5.73. The first-order valence-electron chi connectivity index (χ1n) is 6.89. The summed E-state index contributed by atoms with van der Waals surface area (Å²) in [6.07, 6.45) is 0. The number of halogens is 2. The summed E-state index contributed by atoms with van der Waals surface area (Å²) in [7, 11) is 1.65. The summed E-state index contributed by atoms with van der Waals surface area (Å²) in [5.74, 6) is 0.594. The fourth-order valence-electron chi connectivity index (χ4n) is 2.42. The molecule has 0 bridgehead atoms. The highest BCUT2D eigenvalue weighted by atomic mass is 79.9. The summed E-state index contributed by atoms with van der Waals surface area (Å²) < 4.78 is 19.5. The van der Waals surface area contributed by atoms with E-state index in [-0.39, 0.29) is 11.9 Å². The number of rotatable bonds is 5.